The highest BCUT2D eigenvalue weighted by molar-refractivity contribution is 5.95. The van der Waals surface area contributed by atoms with Crippen molar-refractivity contribution >= 4 is 22.5 Å². The zero-order valence-corrected chi connectivity index (χ0v) is 21.7. The van der Waals surface area contributed by atoms with Crippen molar-refractivity contribution < 1.29 is 13.9 Å². The van der Waals surface area contributed by atoms with E-state index in [1.165, 1.54) is 18.3 Å². The summed E-state index contributed by atoms with van der Waals surface area (Å²) in [5.41, 5.74) is 1.31. The number of piperazine rings is 1. The monoisotopic (exact) mass is 536 g/mol. The number of aromatic amines is 1. The minimum Gasteiger partial charge on any atom is -0.478 e. The van der Waals surface area contributed by atoms with Crippen LogP contribution >= 0.6 is 0 Å². The molecule has 1 N–H and O–H groups in total. The summed E-state index contributed by atoms with van der Waals surface area (Å²) in [6.07, 6.45) is 6.73. The number of hydrogen-bond acceptors (Lipinski definition) is 7. The molecule has 4 aromatic rings. The molecule has 1 saturated heterocycles. The van der Waals surface area contributed by atoms with Crippen molar-refractivity contribution in [3.05, 3.63) is 93.3 Å². The van der Waals surface area contributed by atoms with E-state index < -0.39 is 17.8 Å². The number of benzene rings is 2. The predicted octanol–water partition coefficient (Wildman–Crippen LogP) is 3.28. The second-order valence-electron chi connectivity index (χ2n) is 9.42. The summed E-state index contributed by atoms with van der Waals surface area (Å²) >= 11 is 0. The van der Waals surface area contributed by atoms with Gasteiger partial charge in [-0.1, -0.05) is 12.0 Å². The Kier molecular flexibility index (Phi) is 7.43. The topological polar surface area (TPSA) is 115 Å². The molecule has 0 spiro atoms. The van der Waals surface area contributed by atoms with Crippen molar-refractivity contribution in [3.63, 3.8) is 0 Å². The number of pyridine rings is 1. The first-order valence-corrected chi connectivity index (χ1v) is 12.7. The molecule has 0 aliphatic carbocycles. The van der Waals surface area contributed by atoms with Crippen molar-refractivity contribution in [1.82, 2.24) is 20.1 Å². The minimum absolute atomic E-state index is 0.0250. The lowest BCUT2D eigenvalue weighted by atomic mass is 10.0. The SMILES string of the molecule is C#CC(C)Oc1ccc2c(=O)[nH]nc(Cc3ccc(F)c(C(=O)N4CCN(c5ccc(C#N)cn5)CC4)c3)c2c1. The molecular weight excluding hydrogens is 511 g/mol. The molecule has 2 aromatic heterocycles. The molecule has 3 heterocycles. The number of terminal acetylenes is 1. The number of hydrogen-bond donors (Lipinski definition) is 1. The number of fused-ring (bicyclic) bond motifs is 1. The van der Waals surface area contributed by atoms with Crippen molar-refractivity contribution in [2.75, 3.05) is 31.1 Å². The summed E-state index contributed by atoms with van der Waals surface area (Å²) in [6, 6.07) is 14.9. The maximum Gasteiger partial charge on any atom is 0.272 e. The molecule has 9 nitrogen and oxygen atoms in total. The minimum atomic E-state index is -0.608. The third kappa shape index (κ3) is 5.47. The number of carbonyl (C=O) groups is 1. The largest absolute Gasteiger partial charge is 0.478 e. The first kappa shape index (κ1) is 26.4. The van der Waals surface area contributed by atoms with E-state index in [2.05, 4.69) is 21.1 Å². The number of halogens is 1. The highest BCUT2D eigenvalue weighted by Gasteiger charge is 2.25. The van der Waals surface area contributed by atoms with Crippen LogP contribution in [-0.4, -0.2) is 58.3 Å². The van der Waals surface area contributed by atoms with Gasteiger partial charge in [0.1, 0.15) is 23.5 Å². The number of nitriles is 1. The lowest BCUT2D eigenvalue weighted by Gasteiger charge is -2.35. The van der Waals surface area contributed by atoms with E-state index in [9.17, 15) is 14.0 Å². The van der Waals surface area contributed by atoms with Crippen molar-refractivity contribution in [3.8, 4) is 24.2 Å². The van der Waals surface area contributed by atoms with E-state index in [0.717, 1.165) is 5.82 Å². The van der Waals surface area contributed by atoms with Crippen LogP contribution in [0.1, 0.15) is 34.1 Å². The highest BCUT2D eigenvalue weighted by Crippen LogP contribution is 2.24. The molecule has 1 atom stereocenters. The van der Waals surface area contributed by atoms with Gasteiger partial charge >= 0.3 is 0 Å². The average Bonchev–Trinajstić information content (AvgIpc) is 2.99. The Morgan fingerprint density at radius 3 is 2.65 bits per heavy atom. The van der Waals surface area contributed by atoms with Crippen LogP contribution in [0.2, 0.25) is 0 Å². The van der Waals surface area contributed by atoms with Gasteiger partial charge in [0.2, 0.25) is 0 Å². The molecule has 10 heteroatoms. The fourth-order valence-electron chi connectivity index (χ4n) is 4.63. The molecule has 200 valence electrons. The van der Waals surface area contributed by atoms with E-state index in [1.807, 2.05) is 11.0 Å². The fourth-order valence-corrected chi connectivity index (χ4v) is 4.63. The quantitative estimate of drug-likeness (QED) is 0.376. The van der Waals surface area contributed by atoms with E-state index in [4.69, 9.17) is 16.4 Å². The van der Waals surface area contributed by atoms with Gasteiger partial charge < -0.3 is 14.5 Å². The fraction of sp³-hybridized carbons (Fsp3) is 0.233. The van der Waals surface area contributed by atoms with E-state index in [0.29, 0.717) is 59.5 Å². The van der Waals surface area contributed by atoms with E-state index in [1.54, 1.807) is 48.2 Å². The Hall–Kier alpha value is -5.22. The lowest BCUT2D eigenvalue weighted by molar-refractivity contribution is 0.0741. The first-order chi connectivity index (χ1) is 19.4. The average molecular weight is 537 g/mol. The van der Waals surface area contributed by atoms with E-state index >= 15 is 0 Å². The molecule has 1 aliphatic heterocycles. The molecule has 2 aromatic carbocycles. The van der Waals surface area contributed by atoms with Gasteiger partial charge in [0.25, 0.3) is 11.5 Å². The number of H-pyrrole nitrogens is 1. The maximum atomic E-state index is 14.9. The third-order valence-corrected chi connectivity index (χ3v) is 6.79. The Morgan fingerprint density at radius 2 is 1.95 bits per heavy atom. The van der Waals surface area contributed by atoms with Crippen LogP contribution in [0, 0.1) is 29.5 Å². The van der Waals surface area contributed by atoms with Crippen LogP contribution in [0.5, 0.6) is 5.75 Å². The van der Waals surface area contributed by atoms with Crippen LogP contribution in [0.25, 0.3) is 10.8 Å². The maximum absolute atomic E-state index is 14.9. The van der Waals surface area contributed by atoms with Gasteiger partial charge in [0.05, 0.1) is 22.2 Å². The summed E-state index contributed by atoms with van der Waals surface area (Å²) in [5, 5.41) is 16.7. The lowest BCUT2D eigenvalue weighted by Crippen LogP contribution is -2.49. The number of nitrogens with zero attached hydrogens (tertiary/aromatic N) is 5. The number of nitrogens with one attached hydrogen (secondary N) is 1. The predicted molar refractivity (Wildman–Crippen MR) is 148 cm³/mol. The molecular formula is C30H25FN6O3. The molecule has 5 rings (SSSR count). The molecule has 1 unspecified atom stereocenters. The van der Waals surface area contributed by atoms with Crippen molar-refractivity contribution in [1.29, 1.82) is 5.26 Å². The summed E-state index contributed by atoms with van der Waals surface area (Å²) in [5.74, 6) is 2.71. The van der Waals surface area contributed by atoms with Gasteiger partial charge in [-0.2, -0.15) is 10.4 Å². The van der Waals surface area contributed by atoms with E-state index in [-0.39, 0.29) is 17.5 Å². The second kappa shape index (κ2) is 11.3. The second-order valence-corrected chi connectivity index (χ2v) is 9.42. The number of anilines is 1. The number of aromatic nitrogens is 3. The Bertz CT molecular complexity index is 1710. The van der Waals surface area contributed by atoms with Gasteiger partial charge in [-0.3, -0.25) is 9.59 Å². The van der Waals surface area contributed by atoms with Gasteiger partial charge in [-0.05, 0) is 55.0 Å². The van der Waals surface area contributed by atoms with Crippen molar-refractivity contribution in [2.24, 2.45) is 0 Å². The van der Waals surface area contributed by atoms with Crippen LogP contribution in [-0.2, 0) is 6.42 Å². The summed E-state index contributed by atoms with van der Waals surface area (Å²) in [7, 11) is 0. The number of carbonyl (C=O) groups excluding carboxylic acids is 1. The van der Waals surface area contributed by atoms with Gasteiger partial charge in [-0.25, -0.2) is 14.5 Å². The highest BCUT2D eigenvalue weighted by atomic mass is 19.1. The zero-order valence-electron chi connectivity index (χ0n) is 21.7. The molecule has 1 fully saturated rings. The molecule has 1 aliphatic rings. The summed E-state index contributed by atoms with van der Waals surface area (Å²) in [6.45, 7) is 3.59. The van der Waals surface area contributed by atoms with Gasteiger partial charge in [0, 0.05) is 44.2 Å². The normalized spacial score (nSPS) is 13.9. The zero-order chi connectivity index (χ0) is 28.2. The molecule has 0 saturated carbocycles. The summed E-state index contributed by atoms with van der Waals surface area (Å²) < 4.78 is 20.6. The Balaban J connectivity index is 1.34. The van der Waals surface area contributed by atoms with Gasteiger partial charge in [-0.15, -0.1) is 6.42 Å². The third-order valence-electron chi connectivity index (χ3n) is 6.79. The van der Waals surface area contributed by atoms with Crippen molar-refractivity contribution in [2.45, 2.75) is 19.4 Å². The van der Waals surface area contributed by atoms with Crippen LogP contribution in [0.15, 0.2) is 59.5 Å². The van der Waals surface area contributed by atoms with Crippen LogP contribution in [0.3, 0.4) is 0 Å². The smallest absolute Gasteiger partial charge is 0.272 e. The van der Waals surface area contributed by atoms with Gasteiger partial charge in [0.15, 0.2) is 6.10 Å². The molecule has 0 radical (unpaired) electrons. The number of amides is 1. The molecule has 1 amide bonds. The number of rotatable bonds is 6. The first-order valence-electron chi connectivity index (χ1n) is 12.7. The van der Waals surface area contributed by atoms with Crippen LogP contribution in [0.4, 0.5) is 10.2 Å². The Morgan fingerprint density at radius 1 is 1.15 bits per heavy atom. The molecule has 40 heavy (non-hydrogen) atoms. The summed E-state index contributed by atoms with van der Waals surface area (Å²) in [4.78, 5) is 33.6. The Labute approximate surface area is 229 Å². The standard InChI is InChI=1S/C30H25FN6O3/c1-3-19(2)40-22-6-7-23-24(16-22)27(34-35-29(23)38)15-20-4-8-26(31)25(14-20)30(39)37-12-10-36(11-13-37)28-9-5-21(17-32)18-33-28/h1,4-9,14,16,18-19H,10-13,15H2,2H3,(H,35,38). The molecule has 0 bridgehead atoms. The number of ether oxygens (including phenoxy) is 1. The van der Waals surface area contributed by atoms with Crippen LogP contribution < -0.4 is 15.2 Å².